The molecule has 1 aromatic rings. The number of nitrogens with zero attached hydrogens (tertiary/aromatic N) is 4. The van der Waals surface area contributed by atoms with Gasteiger partial charge in [0.15, 0.2) is 0 Å². The highest BCUT2D eigenvalue weighted by Crippen LogP contribution is 2.34. The molecule has 0 amide bonds. The standard InChI is InChI=1S/C22H40N4/c1-16(2)21-15-22(17(3)4)26(23-21)20-9-7-19(8-10-20)25-13-11-24(12-14-25)18(5)6/h15-20H,7-14H2,1-6H3/t19-,20-. The van der Waals surface area contributed by atoms with E-state index in [-0.39, 0.29) is 0 Å². The van der Waals surface area contributed by atoms with Crippen molar-refractivity contribution in [3.8, 4) is 0 Å². The van der Waals surface area contributed by atoms with Gasteiger partial charge in [0.25, 0.3) is 0 Å². The van der Waals surface area contributed by atoms with Gasteiger partial charge in [0.05, 0.1) is 11.7 Å². The third kappa shape index (κ3) is 4.33. The van der Waals surface area contributed by atoms with Gasteiger partial charge < -0.3 is 0 Å². The van der Waals surface area contributed by atoms with Crippen molar-refractivity contribution in [2.75, 3.05) is 26.2 Å². The average molecular weight is 361 g/mol. The minimum atomic E-state index is 0.516. The van der Waals surface area contributed by atoms with Crippen molar-refractivity contribution in [3.05, 3.63) is 17.5 Å². The van der Waals surface area contributed by atoms with Crippen LogP contribution in [0.15, 0.2) is 6.07 Å². The second-order valence-corrected chi connectivity index (χ2v) is 9.38. The summed E-state index contributed by atoms with van der Waals surface area (Å²) in [6.07, 6.45) is 5.24. The first-order chi connectivity index (χ1) is 12.4. The largest absolute Gasteiger partial charge is 0.298 e. The molecule has 4 heteroatoms. The molecule has 4 nitrogen and oxygen atoms in total. The lowest BCUT2D eigenvalue weighted by Gasteiger charge is -2.43. The lowest BCUT2D eigenvalue weighted by Crippen LogP contribution is -2.52. The first-order valence-electron chi connectivity index (χ1n) is 10.9. The van der Waals surface area contributed by atoms with Gasteiger partial charge in [-0.25, -0.2) is 0 Å². The third-order valence-corrected chi connectivity index (χ3v) is 6.57. The SMILES string of the molecule is CC(C)c1cc(C(C)C)n([C@H]2CC[C@H](N3CCN(C(C)C)CC3)CC2)n1. The number of piperazine rings is 1. The van der Waals surface area contributed by atoms with Crippen molar-refractivity contribution in [1.29, 1.82) is 0 Å². The van der Waals surface area contributed by atoms with Gasteiger partial charge in [-0.15, -0.1) is 0 Å². The quantitative estimate of drug-likeness (QED) is 0.764. The Kier molecular flexibility index (Phi) is 6.45. The number of hydrogen-bond acceptors (Lipinski definition) is 3. The van der Waals surface area contributed by atoms with Gasteiger partial charge in [0, 0.05) is 44.0 Å². The van der Waals surface area contributed by atoms with Crippen LogP contribution in [-0.4, -0.2) is 57.8 Å². The summed E-state index contributed by atoms with van der Waals surface area (Å²) in [6.45, 7) is 18.8. The van der Waals surface area contributed by atoms with Crippen LogP contribution >= 0.6 is 0 Å². The van der Waals surface area contributed by atoms with E-state index in [1.165, 1.54) is 63.3 Å². The van der Waals surface area contributed by atoms with Crippen molar-refractivity contribution in [1.82, 2.24) is 19.6 Å². The molecule has 1 saturated heterocycles. The molecule has 148 valence electrons. The predicted molar refractivity (Wildman–Crippen MR) is 110 cm³/mol. The van der Waals surface area contributed by atoms with Gasteiger partial charge in [-0.2, -0.15) is 5.10 Å². The monoisotopic (exact) mass is 360 g/mol. The minimum Gasteiger partial charge on any atom is -0.298 e. The molecule has 0 bridgehead atoms. The van der Waals surface area contributed by atoms with Crippen LogP contribution in [0.25, 0.3) is 0 Å². The normalized spacial score (nSPS) is 26.3. The molecular formula is C22H40N4. The topological polar surface area (TPSA) is 24.3 Å². The van der Waals surface area contributed by atoms with E-state index in [1.807, 2.05) is 0 Å². The zero-order valence-electron chi connectivity index (χ0n) is 17.9. The van der Waals surface area contributed by atoms with Crippen LogP contribution in [0.2, 0.25) is 0 Å². The van der Waals surface area contributed by atoms with Crippen LogP contribution in [0.4, 0.5) is 0 Å². The molecule has 2 heterocycles. The van der Waals surface area contributed by atoms with Crippen molar-refractivity contribution in [2.24, 2.45) is 0 Å². The van der Waals surface area contributed by atoms with E-state index in [2.05, 4.69) is 62.1 Å². The van der Waals surface area contributed by atoms with Gasteiger partial charge in [0.2, 0.25) is 0 Å². The van der Waals surface area contributed by atoms with E-state index in [1.54, 1.807) is 0 Å². The van der Waals surface area contributed by atoms with Crippen LogP contribution in [0.1, 0.15) is 96.5 Å². The molecule has 2 fully saturated rings. The second-order valence-electron chi connectivity index (χ2n) is 9.38. The molecule has 26 heavy (non-hydrogen) atoms. The number of aromatic nitrogens is 2. The van der Waals surface area contributed by atoms with E-state index in [4.69, 9.17) is 5.10 Å². The Hall–Kier alpha value is -0.870. The van der Waals surface area contributed by atoms with Crippen LogP contribution < -0.4 is 0 Å². The van der Waals surface area contributed by atoms with Crippen molar-refractivity contribution < 1.29 is 0 Å². The van der Waals surface area contributed by atoms with Crippen LogP contribution in [-0.2, 0) is 0 Å². The molecule has 1 saturated carbocycles. The van der Waals surface area contributed by atoms with Crippen molar-refractivity contribution in [2.45, 2.75) is 97.2 Å². The maximum absolute atomic E-state index is 5.02. The molecule has 3 rings (SSSR count). The summed E-state index contributed by atoms with van der Waals surface area (Å²) in [7, 11) is 0. The molecule has 1 aromatic heterocycles. The van der Waals surface area contributed by atoms with Crippen molar-refractivity contribution >= 4 is 0 Å². The van der Waals surface area contributed by atoms with Crippen molar-refractivity contribution in [3.63, 3.8) is 0 Å². The summed E-state index contributed by atoms with van der Waals surface area (Å²) in [5.41, 5.74) is 2.70. The average Bonchev–Trinajstić information content (AvgIpc) is 3.08. The Balaban J connectivity index is 1.59. The lowest BCUT2D eigenvalue weighted by atomic mass is 9.89. The Morgan fingerprint density at radius 3 is 1.88 bits per heavy atom. The molecule has 1 aliphatic carbocycles. The van der Waals surface area contributed by atoms with Gasteiger partial charge in [-0.1, -0.05) is 27.7 Å². The molecule has 0 radical (unpaired) electrons. The van der Waals surface area contributed by atoms with E-state index < -0.39 is 0 Å². The summed E-state index contributed by atoms with van der Waals surface area (Å²) in [6, 6.07) is 4.45. The third-order valence-electron chi connectivity index (χ3n) is 6.57. The second kappa shape index (κ2) is 8.43. The highest BCUT2D eigenvalue weighted by atomic mass is 15.3. The van der Waals surface area contributed by atoms with Crippen LogP contribution in [0, 0.1) is 0 Å². The summed E-state index contributed by atoms with van der Waals surface area (Å²) < 4.78 is 2.40. The number of hydrogen-bond donors (Lipinski definition) is 0. The Bertz CT molecular complexity index is 559. The minimum absolute atomic E-state index is 0.516. The molecule has 0 N–H and O–H groups in total. The Morgan fingerprint density at radius 2 is 1.38 bits per heavy atom. The summed E-state index contributed by atoms with van der Waals surface area (Å²) in [5.74, 6) is 1.07. The predicted octanol–water partition coefficient (Wildman–Crippen LogP) is 4.64. The fourth-order valence-electron chi connectivity index (χ4n) is 4.72. The zero-order chi connectivity index (χ0) is 18.8. The fourth-order valence-corrected chi connectivity index (χ4v) is 4.72. The first kappa shape index (κ1) is 19.9. The van der Waals surface area contributed by atoms with Crippen LogP contribution in [0.5, 0.6) is 0 Å². The van der Waals surface area contributed by atoms with E-state index in [0.717, 1.165) is 6.04 Å². The summed E-state index contributed by atoms with van der Waals surface area (Å²) in [5, 5.41) is 5.02. The molecule has 1 aliphatic heterocycles. The molecule has 0 spiro atoms. The lowest BCUT2D eigenvalue weighted by molar-refractivity contribution is 0.0572. The van der Waals surface area contributed by atoms with Gasteiger partial charge >= 0.3 is 0 Å². The first-order valence-corrected chi connectivity index (χ1v) is 10.9. The van der Waals surface area contributed by atoms with E-state index >= 15 is 0 Å². The van der Waals surface area contributed by atoms with E-state index in [0.29, 0.717) is 23.9 Å². The molecule has 0 atom stereocenters. The Morgan fingerprint density at radius 1 is 0.808 bits per heavy atom. The molecule has 0 aromatic carbocycles. The maximum Gasteiger partial charge on any atom is 0.0653 e. The van der Waals surface area contributed by atoms with Gasteiger partial charge in [0.1, 0.15) is 0 Å². The van der Waals surface area contributed by atoms with Gasteiger partial charge in [-0.3, -0.25) is 14.5 Å². The molecular weight excluding hydrogens is 320 g/mol. The van der Waals surface area contributed by atoms with E-state index in [9.17, 15) is 0 Å². The Labute approximate surface area is 160 Å². The smallest absolute Gasteiger partial charge is 0.0653 e. The highest BCUT2D eigenvalue weighted by Gasteiger charge is 2.31. The maximum atomic E-state index is 5.02. The zero-order valence-corrected chi connectivity index (χ0v) is 17.9. The highest BCUT2D eigenvalue weighted by molar-refractivity contribution is 5.17. The summed E-state index contributed by atoms with van der Waals surface area (Å²) >= 11 is 0. The fraction of sp³-hybridized carbons (Fsp3) is 0.864. The number of rotatable bonds is 5. The van der Waals surface area contributed by atoms with Gasteiger partial charge in [-0.05, 0) is 57.4 Å². The summed E-state index contributed by atoms with van der Waals surface area (Å²) in [4.78, 5) is 5.38. The molecule has 2 aliphatic rings. The molecule has 0 unspecified atom stereocenters. The van der Waals surface area contributed by atoms with Crippen LogP contribution in [0.3, 0.4) is 0 Å².